The molecule has 0 saturated heterocycles. The summed E-state index contributed by atoms with van der Waals surface area (Å²) in [7, 11) is -3.74. The molecule has 0 radical (unpaired) electrons. The summed E-state index contributed by atoms with van der Waals surface area (Å²) >= 11 is 0. The second-order valence-corrected chi connectivity index (χ2v) is 8.17. The van der Waals surface area contributed by atoms with Gasteiger partial charge in [-0.2, -0.15) is 0 Å². The van der Waals surface area contributed by atoms with E-state index in [1.165, 1.54) is 6.07 Å². The molecule has 3 aromatic rings. The lowest BCUT2D eigenvalue weighted by Crippen LogP contribution is -2.26. The number of pyridine rings is 1. The van der Waals surface area contributed by atoms with Gasteiger partial charge in [0.05, 0.1) is 16.7 Å². The van der Waals surface area contributed by atoms with E-state index in [4.69, 9.17) is 5.14 Å². The Morgan fingerprint density at radius 3 is 2.50 bits per heavy atom. The Balaban J connectivity index is 0.00000280. The molecular weight excluding hydrogens is 398 g/mol. The quantitative estimate of drug-likeness (QED) is 0.544. The Morgan fingerprint density at radius 1 is 1.11 bits per heavy atom. The van der Waals surface area contributed by atoms with Crippen molar-refractivity contribution >= 4 is 33.2 Å². The molecule has 4 N–H and O–H groups in total. The van der Waals surface area contributed by atoms with E-state index in [0.717, 1.165) is 22.0 Å². The van der Waals surface area contributed by atoms with Crippen LogP contribution in [-0.2, 0) is 10.0 Å². The van der Waals surface area contributed by atoms with Crippen LogP contribution < -0.4 is 10.5 Å². The molecule has 0 bridgehead atoms. The largest absolute Gasteiger partial charge is 0.387 e. The minimum absolute atomic E-state index is 0. The first kappa shape index (κ1) is 22.3. The molecule has 0 aliphatic heterocycles. The molecule has 0 spiro atoms. The fraction of sp³-hybridized carbons (Fsp3) is 0.250. The molecule has 6 nitrogen and oxygen atoms in total. The predicted molar refractivity (Wildman–Crippen MR) is 113 cm³/mol. The van der Waals surface area contributed by atoms with Gasteiger partial charge in [-0.25, -0.2) is 13.6 Å². The van der Waals surface area contributed by atoms with Gasteiger partial charge in [-0.3, -0.25) is 4.98 Å². The lowest BCUT2D eigenvalue weighted by Gasteiger charge is -2.17. The number of nitrogens with two attached hydrogens (primary N) is 1. The van der Waals surface area contributed by atoms with Crippen molar-refractivity contribution in [2.45, 2.75) is 23.8 Å². The van der Waals surface area contributed by atoms with E-state index in [9.17, 15) is 13.5 Å². The van der Waals surface area contributed by atoms with Crippen LogP contribution in [0.3, 0.4) is 0 Å². The first-order valence-electron chi connectivity index (χ1n) is 8.71. The number of aliphatic hydroxyl groups is 1. The number of aromatic nitrogens is 1. The molecule has 0 aliphatic carbocycles. The third-order valence-corrected chi connectivity index (χ3v) is 5.45. The summed E-state index contributed by atoms with van der Waals surface area (Å²) < 4.78 is 23.1. The van der Waals surface area contributed by atoms with Crippen molar-refractivity contribution in [2.24, 2.45) is 5.14 Å². The summed E-state index contributed by atoms with van der Waals surface area (Å²) in [6, 6.07) is 16.1. The van der Waals surface area contributed by atoms with E-state index in [2.05, 4.69) is 10.3 Å². The number of rotatable bonds is 7. The third-order valence-electron chi connectivity index (χ3n) is 4.53. The average molecular weight is 422 g/mol. The molecule has 2 aromatic carbocycles. The highest BCUT2D eigenvalue weighted by Crippen LogP contribution is 2.25. The van der Waals surface area contributed by atoms with Gasteiger partial charge in [0.25, 0.3) is 0 Å². The standard InChI is InChI=1S/C20H23N3O3S.ClH/c1-14(12-22-13-19(24)15-5-3-2-4-6-15)20-18-8-7-17(27(21,25)26)11-16(18)9-10-23-20;/h2-11,14,19,22,24H,12-13H2,1H3,(H2,21,25,26);1H/t14-,19+;/m1./s1. The van der Waals surface area contributed by atoms with E-state index < -0.39 is 16.1 Å². The van der Waals surface area contributed by atoms with Crippen LogP contribution in [0.5, 0.6) is 0 Å². The van der Waals surface area contributed by atoms with Crippen LogP contribution in [0.1, 0.15) is 30.2 Å². The summed E-state index contributed by atoms with van der Waals surface area (Å²) in [5, 5.41) is 20.4. The molecule has 150 valence electrons. The van der Waals surface area contributed by atoms with Crippen LogP contribution in [-0.4, -0.2) is 31.6 Å². The van der Waals surface area contributed by atoms with Gasteiger partial charge in [-0.1, -0.05) is 43.3 Å². The van der Waals surface area contributed by atoms with Gasteiger partial charge >= 0.3 is 0 Å². The maximum atomic E-state index is 11.5. The van der Waals surface area contributed by atoms with Crippen LogP contribution in [0.4, 0.5) is 0 Å². The van der Waals surface area contributed by atoms with Gasteiger partial charge < -0.3 is 10.4 Å². The number of halogens is 1. The molecule has 3 rings (SSSR count). The summed E-state index contributed by atoms with van der Waals surface area (Å²) in [4.78, 5) is 4.56. The topological polar surface area (TPSA) is 105 Å². The van der Waals surface area contributed by atoms with Gasteiger partial charge in [0.15, 0.2) is 0 Å². The molecule has 1 heterocycles. The second-order valence-electron chi connectivity index (χ2n) is 6.61. The third kappa shape index (κ3) is 5.27. The molecule has 8 heteroatoms. The monoisotopic (exact) mass is 421 g/mol. The van der Waals surface area contributed by atoms with Crippen molar-refractivity contribution in [1.82, 2.24) is 10.3 Å². The fourth-order valence-corrected chi connectivity index (χ4v) is 3.62. The molecule has 0 aliphatic rings. The highest BCUT2D eigenvalue weighted by atomic mass is 35.5. The number of fused-ring (bicyclic) bond motifs is 1. The van der Waals surface area contributed by atoms with E-state index in [0.29, 0.717) is 13.1 Å². The number of nitrogens with zero attached hydrogens (tertiary/aromatic N) is 1. The number of aliphatic hydroxyl groups excluding tert-OH is 1. The number of primary sulfonamides is 1. The Labute approximate surface area is 171 Å². The van der Waals surface area contributed by atoms with E-state index >= 15 is 0 Å². The molecular formula is C20H24ClN3O3S. The van der Waals surface area contributed by atoms with E-state index in [-0.39, 0.29) is 23.2 Å². The van der Waals surface area contributed by atoms with Crippen molar-refractivity contribution in [1.29, 1.82) is 0 Å². The van der Waals surface area contributed by atoms with Crippen molar-refractivity contribution in [2.75, 3.05) is 13.1 Å². The molecule has 0 saturated carbocycles. The first-order valence-corrected chi connectivity index (χ1v) is 10.3. The molecule has 0 unspecified atom stereocenters. The van der Waals surface area contributed by atoms with Gasteiger partial charge in [0.1, 0.15) is 0 Å². The number of benzene rings is 2. The summed E-state index contributed by atoms with van der Waals surface area (Å²) in [5.74, 6) is 0.0806. The van der Waals surface area contributed by atoms with E-state index in [1.54, 1.807) is 24.4 Å². The van der Waals surface area contributed by atoms with Gasteiger partial charge in [0.2, 0.25) is 10.0 Å². The van der Waals surface area contributed by atoms with Gasteiger partial charge in [0, 0.05) is 30.6 Å². The molecule has 2 atom stereocenters. The smallest absolute Gasteiger partial charge is 0.238 e. The lowest BCUT2D eigenvalue weighted by atomic mass is 10.0. The van der Waals surface area contributed by atoms with Crippen molar-refractivity contribution in [3.05, 3.63) is 72.1 Å². The SMILES string of the molecule is C[C@H](CNC[C@H](O)c1ccccc1)c1nccc2cc(S(N)(=O)=O)ccc12.Cl. The second kappa shape index (κ2) is 9.45. The van der Waals surface area contributed by atoms with E-state index in [1.807, 2.05) is 37.3 Å². The lowest BCUT2D eigenvalue weighted by molar-refractivity contribution is 0.174. The van der Waals surface area contributed by atoms with Crippen LogP contribution in [0.2, 0.25) is 0 Å². The Morgan fingerprint density at radius 2 is 1.82 bits per heavy atom. The molecule has 1 aromatic heterocycles. The maximum Gasteiger partial charge on any atom is 0.238 e. The summed E-state index contributed by atoms with van der Waals surface area (Å²) in [6.07, 6.45) is 1.09. The fourth-order valence-electron chi connectivity index (χ4n) is 3.08. The highest BCUT2D eigenvalue weighted by Gasteiger charge is 2.15. The van der Waals surface area contributed by atoms with Crippen LogP contribution >= 0.6 is 12.4 Å². The number of sulfonamides is 1. The Bertz CT molecular complexity index is 1030. The van der Waals surface area contributed by atoms with Crippen molar-refractivity contribution < 1.29 is 13.5 Å². The number of hydrogen-bond acceptors (Lipinski definition) is 5. The Hall–Kier alpha value is -2.03. The maximum absolute atomic E-state index is 11.5. The minimum atomic E-state index is -3.74. The van der Waals surface area contributed by atoms with Crippen LogP contribution in [0.15, 0.2) is 65.7 Å². The highest BCUT2D eigenvalue weighted by molar-refractivity contribution is 7.89. The zero-order valence-electron chi connectivity index (χ0n) is 15.4. The Kier molecular flexibility index (Phi) is 7.51. The van der Waals surface area contributed by atoms with Crippen LogP contribution in [0, 0.1) is 0 Å². The minimum Gasteiger partial charge on any atom is -0.387 e. The first-order chi connectivity index (χ1) is 12.9. The van der Waals surface area contributed by atoms with Crippen molar-refractivity contribution in [3.63, 3.8) is 0 Å². The van der Waals surface area contributed by atoms with Gasteiger partial charge in [-0.15, -0.1) is 12.4 Å². The number of nitrogens with one attached hydrogen (secondary N) is 1. The molecule has 28 heavy (non-hydrogen) atoms. The van der Waals surface area contributed by atoms with Crippen molar-refractivity contribution in [3.8, 4) is 0 Å². The van der Waals surface area contributed by atoms with Crippen LogP contribution in [0.25, 0.3) is 10.8 Å². The predicted octanol–water partition coefficient (Wildman–Crippen LogP) is 2.73. The average Bonchev–Trinajstić information content (AvgIpc) is 2.66. The zero-order chi connectivity index (χ0) is 19.4. The molecule has 0 amide bonds. The normalized spacial score (nSPS) is 13.7. The number of hydrogen-bond donors (Lipinski definition) is 3. The summed E-state index contributed by atoms with van der Waals surface area (Å²) in [6.45, 7) is 3.11. The molecule has 0 fully saturated rings. The zero-order valence-corrected chi connectivity index (χ0v) is 17.1. The summed E-state index contributed by atoms with van der Waals surface area (Å²) in [5.41, 5.74) is 1.74. The van der Waals surface area contributed by atoms with Gasteiger partial charge in [-0.05, 0) is 29.1 Å².